The molecule has 1 aliphatic rings. The van der Waals surface area contributed by atoms with Crippen molar-refractivity contribution < 1.29 is 13.2 Å². The fraction of sp³-hybridized carbons (Fsp3) is 0.333. The van der Waals surface area contributed by atoms with Crippen molar-refractivity contribution in [3.8, 4) is 0 Å². The summed E-state index contributed by atoms with van der Waals surface area (Å²) in [6, 6.07) is 15.0. The van der Waals surface area contributed by atoms with Crippen LogP contribution in [0.1, 0.15) is 22.7 Å². The van der Waals surface area contributed by atoms with Crippen molar-refractivity contribution >= 4 is 10.0 Å². The van der Waals surface area contributed by atoms with E-state index in [-0.39, 0.29) is 10.9 Å². The average molecular weight is 346 g/mol. The summed E-state index contributed by atoms with van der Waals surface area (Å²) in [4.78, 5) is 0.265. The third-order valence-electron chi connectivity index (χ3n) is 4.21. The van der Waals surface area contributed by atoms with Crippen LogP contribution in [0.2, 0.25) is 0 Å². The molecule has 1 heterocycles. The number of hydrogen-bond acceptors (Lipinski definition) is 4. The summed E-state index contributed by atoms with van der Waals surface area (Å²) in [7, 11) is -1.96. The summed E-state index contributed by atoms with van der Waals surface area (Å²) >= 11 is 0. The van der Waals surface area contributed by atoms with Gasteiger partial charge in [0.25, 0.3) is 0 Å². The van der Waals surface area contributed by atoms with Gasteiger partial charge in [-0.15, -0.1) is 0 Å². The molecular formula is C18H22N2O3S. The van der Waals surface area contributed by atoms with Gasteiger partial charge >= 0.3 is 0 Å². The minimum absolute atomic E-state index is 0.00752. The van der Waals surface area contributed by atoms with Gasteiger partial charge in [0.1, 0.15) is 0 Å². The molecule has 3 rings (SSSR count). The zero-order chi connectivity index (χ0) is 17.0. The maximum absolute atomic E-state index is 12.6. The largest absolute Gasteiger partial charge is 0.380 e. The van der Waals surface area contributed by atoms with Crippen molar-refractivity contribution in [2.24, 2.45) is 0 Å². The van der Waals surface area contributed by atoms with Crippen molar-refractivity contribution in [2.45, 2.75) is 24.0 Å². The highest BCUT2D eigenvalue weighted by Crippen LogP contribution is 2.22. The first-order chi connectivity index (χ1) is 11.6. The van der Waals surface area contributed by atoms with E-state index in [4.69, 9.17) is 4.74 Å². The molecule has 128 valence electrons. The van der Waals surface area contributed by atoms with E-state index in [2.05, 4.69) is 22.2 Å². The van der Waals surface area contributed by atoms with Crippen molar-refractivity contribution in [1.82, 2.24) is 10.0 Å². The number of fused-ring (bicyclic) bond motifs is 1. The molecule has 0 fully saturated rings. The second kappa shape index (κ2) is 7.44. The van der Waals surface area contributed by atoms with Gasteiger partial charge in [-0.05, 0) is 41.8 Å². The quantitative estimate of drug-likeness (QED) is 0.839. The van der Waals surface area contributed by atoms with Crippen molar-refractivity contribution in [2.75, 3.05) is 20.2 Å². The molecule has 1 unspecified atom stereocenters. The van der Waals surface area contributed by atoms with Gasteiger partial charge in [0, 0.05) is 19.7 Å². The van der Waals surface area contributed by atoms with Crippen LogP contribution in [0.25, 0.3) is 0 Å². The lowest BCUT2D eigenvalue weighted by molar-refractivity contribution is 0.184. The molecule has 0 aliphatic carbocycles. The summed E-state index contributed by atoms with van der Waals surface area (Å²) in [6.07, 6.45) is 0.971. The van der Waals surface area contributed by atoms with Gasteiger partial charge in [-0.1, -0.05) is 36.4 Å². The van der Waals surface area contributed by atoms with E-state index in [0.29, 0.717) is 13.2 Å². The molecule has 5 nitrogen and oxygen atoms in total. The molecule has 1 aliphatic heterocycles. The van der Waals surface area contributed by atoms with E-state index >= 15 is 0 Å². The van der Waals surface area contributed by atoms with Crippen LogP contribution in [-0.4, -0.2) is 28.6 Å². The first-order valence-electron chi connectivity index (χ1n) is 7.99. The van der Waals surface area contributed by atoms with Crippen LogP contribution in [0.4, 0.5) is 0 Å². The number of hydrogen-bond donors (Lipinski definition) is 2. The molecule has 24 heavy (non-hydrogen) atoms. The Hall–Kier alpha value is -1.73. The zero-order valence-electron chi connectivity index (χ0n) is 13.7. The number of benzene rings is 2. The van der Waals surface area contributed by atoms with Crippen molar-refractivity contribution in [3.63, 3.8) is 0 Å². The molecular weight excluding hydrogens is 324 g/mol. The standard InChI is InChI=1S/C18H22N2O3S/c1-23-13-14-5-4-7-16(11-14)24(21,22)20-12-18-17-8-3-2-6-15(17)9-10-19-18/h2-8,11,18-20H,9-10,12-13H2,1H3. The van der Waals surface area contributed by atoms with Crippen LogP contribution in [0, 0.1) is 0 Å². The van der Waals surface area contributed by atoms with E-state index < -0.39 is 10.0 Å². The highest BCUT2D eigenvalue weighted by molar-refractivity contribution is 7.89. The predicted molar refractivity (Wildman–Crippen MR) is 93.2 cm³/mol. The SMILES string of the molecule is COCc1cccc(S(=O)(=O)NCC2NCCc3ccccc32)c1. The Morgan fingerprint density at radius 2 is 2.04 bits per heavy atom. The second-order valence-corrected chi connectivity index (χ2v) is 7.65. The Kier molecular flexibility index (Phi) is 5.30. The normalized spacial score (nSPS) is 17.5. The minimum atomic E-state index is -3.55. The molecule has 0 spiro atoms. The molecule has 0 radical (unpaired) electrons. The summed E-state index contributed by atoms with van der Waals surface area (Å²) < 4.78 is 32.9. The minimum Gasteiger partial charge on any atom is -0.380 e. The number of methoxy groups -OCH3 is 1. The van der Waals surface area contributed by atoms with Gasteiger partial charge < -0.3 is 10.1 Å². The third kappa shape index (κ3) is 3.84. The van der Waals surface area contributed by atoms with E-state index in [1.165, 1.54) is 11.1 Å². The van der Waals surface area contributed by atoms with Crippen LogP contribution < -0.4 is 10.0 Å². The molecule has 6 heteroatoms. The summed E-state index contributed by atoms with van der Waals surface area (Å²) in [5.41, 5.74) is 3.28. The lowest BCUT2D eigenvalue weighted by Gasteiger charge is -2.27. The van der Waals surface area contributed by atoms with Crippen LogP contribution in [0.15, 0.2) is 53.4 Å². The number of ether oxygens (including phenoxy) is 1. The highest BCUT2D eigenvalue weighted by Gasteiger charge is 2.22. The second-order valence-electron chi connectivity index (χ2n) is 5.89. The van der Waals surface area contributed by atoms with E-state index in [1.807, 2.05) is 18.2 Å². The monoisotopic (exact) mass is 346 g/mol. The lowest BCUT2D eigenvalue weighted by Crippen LogP contribution is -2.38. The van der Waals surface area contributed by atoms with Crippen LogP contribution in [-0.2, 0) is 27.8 Å². The first-order valence-corrected chi connectivity index (χ1v) is 9.47. The molecule has 0 amide bonds. The Bertz CT molecular complexity index is 805. The number of sulfonamides is 1. The Morgan fingerprint density at radius 3 is 2.88 bits per heavy atom. The predicted octanol–water partition coefficient (Wildman–Crippen LogP) is 2.00. The topological polar surface area (TPSA) is 67.4 Å². The maximum atomic E-state index is 12.6. The van der Waals surface area contributed by atoms with Gasteiger partial charge in [0.15, 0.2) is 0 Å². The van der Waals surface area contributed by atoms with Gasteiger partial charge in [-0.25, -0.2) is 13.1 Å². The molecule has 0 bridgehead atoms. The molecule has 2 aromatic rings. The molecule has 2 aromatic carbocycles. The van der Waals surface area contributed by atoms with Crippen molar-refractivity contribution in [3.05, 3.63) is 65.2 Å². The fourth-order valence-corrected chi connectivity index (χ4v) is 4.14. The van der Waals surface area contributed by atoms with E-state index in [0.717, 1.165) is 18.5 Å². The molecule has 2 N–H and O–H groups in total. The van der Waals surface area contributed by atoms with Crippen molar-refractivity contribution in [1.29, 1.82) is 0 Å². The average Bonchev–Trinajstić information content (AvgIpc) is 2.60. The van der Waals surface area contributed by atoms with Gasteiger partial charge in [-0.2, -0.15) is 0 Å². The van der Waals surface area contributed by atoms with E-state index in [1.54, 1.807) is 25.3 Å². The van der Waals surface area contributed by atoms with Gasteiger partial charge in [0.2, 0.25) is 10.0 Å². The zero-order valence-corrected chi connectivity index (χ0v) is 14.5. The fourth-order valence-electron chi connectivity index (χ4n) is 3.02. The first kappa shape index (κ1) is 17.1. The smallest absolute Gasteiger partial charge is 0.240 e. The summed E-state index contributed by atoms with van der Waals surface area (Å²) in [5.74, 6) is 0. The highest BCUT2D eigenvalue weighted by atomic mass is 32.2. The Labute approximate surface area is 143 Å². The van der Waals surface area contributed by atoms with Crippen LogP contribution in [0.3, 0.4) is 0 Å². The summed E-state index contributed by atoms with van der Waals surface area (Å²) in [5, 5.41) is 3.38. The Balaban J connectivity index is 1.73. The van der Waals surface area contributed by atoms with Gasteiger partial charge in [0.05, 0.1) is 11.5 Å². The lowest BCUT2D eigenvalue weighted by atomic mass is 9.95. The number of nitrogens with one attached hydrogen (secondary N) is 2. The Morgan fingerprint density at radius 1 is 1.21 bits per heavy atom. The molecule has 0 aromatic heterocycles. The molecule has 0 saturated heterocycles. The summed E-state index contributed by atoms with van der Waals surface area (Å²) in [6.45, 7) is 1.57. The molecule has 0 saturated carbocycles. The maximum Gasteiger partial charge on any atom is 0.240 e. The van der Waals surface area contributed by atoms with E-state index in [9.17, 15) is 8.42 Å². The van der Waals surface area contributed by atoms with Gasteiger partial charge in [-0.3, -0.25) is 0 Å². The third-order valence-corrected chi connectivity index (χ3v) is 5.63. The number of rotatable bonds is 6. The molecule has 1 atom stereocenters. The van der Waals surface area contributed by atoms with Crippen LogP contribution in [0.5, 0.6) is 0 Å². The van der Waals surface area contributed by atoms with Crippen LogP contribution >= 0.6 is 0 Å².